The van der Waals surface area contributed by atoms with Gasteiger partial charge in [-0.25, -0.2) is 0 Å². The Morgan fingerprint density at radius 3 is 2.79 bits per heavy atom. The number of phenols is 1. The van der Waals surface area contributed by atoms with E-state index in [0.717, 1.165) is 5.56 Å². The third-order valence-corrected chi connectivity index (χ3v) is 4.21. The first kappa shape index (κ1) is 16.3. The average Bonchev–Trinajstić information content (AvgIpc) is 2.59. The Hall–Kier alpha value is -2.53. The molecule has 1 aliphatic rings. The largest absolute Gasteiger partial charge is 0.508 e. The number of aryl methyl sites for hydroxylation is 1. The van der Waals surface area contributed by atoms with Crippen molar-refractivity contribution in [3.8, 4) is 17.2 Å². The molecule has 5 heteroatoms. The van der Waals surface area contributed by atoms with Crippen molar-refractivity contribution < 1.29 is 24.5 Å². The fourth-order valence-electron chi connectivity index (χ4n) is 2.98. The van der Waals surface area contributed by atoms with Crippen LogP contribution in [0.1, 0.15) is 40.4 Å². The first-order valence-electron chi connectivity index (χ1n) is 7.93. The number of ether oxygens (including phenoxy) is 2. The van der Waals surface area contributed by atoms with E-state index in [1.54, 1.807) is 43.5 Å². The van der Waals surface area contributed by atoms with Gasteiger partial charge in [0, 0.05) is 12.2 Å². The summed E-state index contributed by atoms with van der Waals surface area (Å²) in [7, 11) is 1.56. The number of para-hydroxylation sites is 1. The summed E-state index contributed by atoms with van der Waals surface area (Å²) in [6, 6.07) is 10.4. The van der Waals surface area contributed by atoms with Gasteiger partial charge in [-0.15, -0.1) is 0 Å². The molecule has 0 amide bonds. The minimum absolute atomic E-state index is 0.0449. The summed E-state index contributed by atoms with van der Waals surface area (Å²) in [5.41, 5.74) is 1.98. The predicted molar refractivity (Wildman–Crippen MR) is 88.8 cm³/mol. The van der Waals surface area contributed by atoms with E-state index in [0.29, 0.717) is 35.5 Å². The monoisotopic (exact) mass is 328 g/mol. The number of fused-ring (bicyclic) bond motifs is 1. The SMILES string of the molecule is COc1cc2c(cc1CCCO)OC(c1ccccc1O)CC2=O. The maximum absolute atomic E-state index is 12.5. The van der Waals surface area contributed by atoms with Crippen LogP contribution in [-0.4, -0.2) is 29.7 Å². The minimum atomic E-state index is -0.509. The zero-order valence-corrected chi connectivity index (χ0v) is 13.5. The molecule has 0 aliphatic carbocycles. The van der Waals surface area contributed by atoms with Crippen molar-refractivity contribution in [1.82, 2.24) is 0 Å². The lowest BCUT2D eigenvalue weighted by molar-refractivity contribution is 0.0846. The van der Waals surface area contributed by atoms with Gasteiger partial charge in [-0.2, -0.15) is 0 Å². The number of phenolic OH excluding ortho intramolecular Hbond substituents is 1. The number of aliphatic hydroxyl groups is 1. The van der Waals surface area contributed by atoms with Crippen LogP contribution >= 0.6 is 0 Å². The second kappa shape index (κ2) is 6.93. The lowest BCUT2D eigenvalue weighted by Gasteiger charge is -2.27. The smallest absolute Gasteiger partial charge is 0.170 e. The van der Waals surface area contributed by atoms with Gasteiger partial charge in [-0.05, 0) is 36.6 Å². The number of ketones is 1. The van der Waals surface area contributed by atoms with E-state index in [4.69, 9.17) is 14.6 Å². The fourth-order valence-corrected chi connectivity index (χ4v) is 2.98. The molecule has 1 unspecified atom stereocenters. The van der Waals surface area contributed by atoms with E-state index in [1.807, 2.05) is 0 Å². The molecule has 0 saturated heterocycles. The fraction of sp³-hybridized carbons (Fsp3) is 0.316. The van der Waals surface area contributed by atoms with Gasteiger partial charge in [-0.3, -0.25) is 4.79 Å². The van der Waals surface area contributed by atoms with E-state index in [-0.39, 0.29) is 24.6 Å². The quantitative estimate of drug-likeness (QED) is 0.882. The van der Waals surface area contributed by atoms with Crippen LogP contribution in [0.15, 0.2) is 36.4 Å². The van der Waals surface area contributed by atoms with Gasteiger partial charge < -0.3 is 19.7 Å². The Balaban J connectivity index is 1.97. The Morgan fingerprint density at radius 1 is 1.29 bits per heavy atom. The highest BCUT2D eigenvalue weighted by molar-refractivity contribution is 6.00. The third kappa shape index (κ3) is 3.08. The predicted octanol–water partition coefficient (Wildman–Crippen LogP) is 3.03. The molecule has 2 aromatic carbocycles. The van der Waals surface area contributed by atoms with Crippen LogP contribution < -0.4 is 9.47 Å². The van der Waals surface area contributed by atoms with Crippen molar-refractivity contribution in [1.29, 1.82) is 0 Å². The molecule has 24 heavy (non-hydrogen) atoms. The van der Waals surface area contributed by atoms with Crippen LogP contribution in [0.4, 0.5) is 0 Å². The lowest BCUT2D eigenvalue weighted by Crippen LogP contribution is -2.21. The average molecular weight is 328 g/mol. The van der Waals surface area contributed by atoms with Crippen molar-refractivity contribution in [2.24, 2.45) is 0 Å². The maximum Gasteiger partial charge on any atom is 0.170 e. The number of hydrogen-bond donors (Lipinski definition) is 2. The molecular formula is C19H20O5. The molecule has 0 saturated carbocycles. The number of aliphatic hydroxyl groups excluding tert-OH is 1. The third-order valence-electron chi connectivity index (χ3n) is 4.21. The van der Waals surface area contributed by atoms with Crippen LogP contribution in [-0.2, 0) is 6.42 Å². The first-order chi connectivity index (χ1) is 11.6. The molecule has 3 rings (SSSR count). The van der Waals surface area contributed by atoms with Gasteiger partial charge in [0.1, 0.15) is 23.4 Å². The topological polar surface area (TPSA) is 76.0 Å². The van der Waals surface area contributed by atoms with Crippen LogP contribution in [0, 0.1) is 0 Å². The molecule has 0 spiro atoms. The van der Waals surface area contributed by atoms with Gasteiger partial charge in [0.15, 0.2) is 5.78 Å². The Bertz CT molecular complexity index is 753. The number of hydrogen-bond acceptors (Lipinski definition) is 5. The van der Waals surface area contributed by atoms with E-state index in [9.17, 15) is 9.90 Å². The number of rotatable bonds is 5. The first-order valence-corrected chi connectivity index (χ1v) is 7.93. The summed E-state index contributed by atoms with van der Waals surface area (Å²) in [6.07, 6.45) is 0.895. The summed E-state index contributed by atoms with van der Waals surface area (Å²) < 4.78 is 11.3. The Kier molecular flexibility index (Phi) is 4.71. The van der Waals surface area contributed by atoms with Gasteiger partial charge in [0.05, 0.1) is 19.1 Å². The summed E-state index contributed by atoms with van der Waals surface area (Å²) in [5, 5.41) is 19.0. The van der Waals surface area contributed by atoms with Crippen molar-refractivity contribution in [2.45, 2.75) is 25.4 Å². The van der Waals surface area contributed by atoms with E-state index in [1.165, 1.54) is 0 Å². The molecule has 2 N–H and O–H groups in total. The van der Waals surface area contributed by atoms with Crippen molar-refractivity contribution in [3.05, 3.63) is 53.1 Å². The van der Waals surface area contributed by atoms with Gasteiger partial charge in [0.25, 0.3) is 0 Å². The number of carbonyl (C=O) groups is 1. The Labute approximate surface area is 140 Å². The molecule has 0 fully saturated rings. The zero-order chi connectivity index (χ0) is 17.1. The summed E-state index contributed by atoms with van der Waals surface area (Å²) in [6.45, 7) is 0.0839. The molecular weight excluding hydrogens is 308 g/mol. The van der Waals surface area contributed by atoms with E-state index >= 15 is 0 Å². The lowest BCUT2D eigenvalue weighted by atomic mass is 9.94. The van der Waals surface area contributed by atoms with Crippen LogP contribution in [0.3, 0.4) is 0 Å². The molecule has 1 aliphatic heterocycles. The summed E-state index contributed by atoms with van der Waals surface area (Å²) >= 11 is 0. The van der Waals surface area contributed by atoms with Crippen molar-refractivity contribution in [2.75, 3.05) is 13.7 Å². The van der Waals surface area contributed by atoms with Crippen LogP contribution in [0.2, 0.25) is 0 Å². The van der Waals surface area contributed by atoms with Crippen LogP contribution in [0.25, 0.3) is 0 Å². The molecule has 0 bridgehead atoms. The van der Waals surface area contributed by atoms with E-state index in [2.05, 4.69) is 0 Å². The Morgan fingerprint density at radius 2 is 2.08 bits per heavy atom. The zero-order valence-electron chi connectivity index (χ0n) is 13.5. The minimum Gasteiger partial charge on any atom is -0.508 e. The number of methoxy groups -OCH3 is 1. The second-order valence-electron chi connectivity index (χ2n) is 5.78. The number of benzene rings is 2. The van der Waals surface area contributed by atoms with Gasteiger partial charge in [-0.1, -0.05) is 18.2 Å². The summed E-state index contributed by atoms with van der Waals surface area (Å²) in [5.74, 6) is 1.19. The molecule has 2 aromatic rings. The highest BCUT2D eigenvalue weighted by Crippen LogP contribution is 2.40. The van der Waals surface area contributed by atoms with Gasteiger partial charge >= 0.3 is 0 Å². The van der Waals surface area contributed by atoms with E-state index < -0.39 is 6.10 Å². The number of carbonyl (C=O) groups excluding carboxylic acids is 1. The molecule has 5 nitrogen and oxygen atoms in total. The molecule has 0 radical (unpaired) electrons. The number of Topliss-reactive ketones (excluding diaryl/α,β-unsaturated/α-hetero) is 1. The van der Waals surface area contributed by atoms with Crippen molar-refractivity contribution in [3.63, 3.8) is 0 Å². The molecule has 0 aromatic heterocycles. The molecule has 1 heterocycles. The highest BCUT2D eigenvalue weighted by atomic mass is 16.5. The van der Waals surface area contributed by atoms with Crippen molar-refractivity contribution >= 4 is 5.78 Å². The molecule has 1 atom stereocenters. The maximum atomic E-state index is 12.5. The van der Waals surface area contributed by atoms with Gasteiger partial charge in [0.2, 0.25) is 0 Å². The normalized spacial score (nSPS) is 16.4. The summed E-state index contributed by atoms with van der Waals surface area (Å²) in [4.78, 5) is 12.5. The standard InChI is InChI=1S/C19H20O5/c1-23-17-10-14-16(22)11-19(13-6-2-3-7-15(13)21)24-18(14)9-12(17)5-4-8-20/h2-3,6-7,9-10,19-21H,4-5,8,11H2,1H3. The highest BCUT2D eigenvalue weighted by Gasteiger charge is 2.30. The molecule has 126 valence electrons. The number of aromatic hydroxyl groups is 1. The van der Waals surface area contributed by atoms with Crippen LogP contribution in [0.5, 0.6) is 17.2 Å². The second-order valence-corrected chi connectivity index (χ2v) is 5.78.